The second-order valence-corrected chi connectivity index (χ2v) is 5.94. The minimum absolute atomic E-state index is 0.00142. The third-order valence-corrected chi connectivity index (χ3v) is 3.93. The van der Waals surface area contributed by atoms with Crippen LogP contribution in [-0.4, -0.2) is 22.2 Å². The van der Waals surface area contributed by atoms with Crippen LogP contribution in [0.25, 0.3) is 0 Å². The molecule has 4 heteroatoms. The van der Waals surface area contributed by atoms with Crippen molar-refractivity contribution in [2.75, 3.05) is 0 Å². The van der Waals surface area contributed by atoms with Crippen LogP contribution in [0.2, 0.25) is 0 Å². The molecule has 0 bridgehead atoms. The van der Waals surface area contributed by atoms with E-state index in [9.17, 15) is 19.8 Å². The summed E-state index contributed by atoms with van der Waals surface area (Å²) in [7, 11) is 0. The highest BCUT2D eigenvalue weighted by Crippen LogP contribution is 2.31. The summed E-state index contributed by atoms with van der Waals surface area (Å²) in [4.78, 5) is 23.5. The molecule has 0 heterocycles. The monoisotopic (exact) mass is 312 g/mol. The van der Waals surface area contributed by atoms with Crippen molar-refractivity contribution >= 4 is 11.9 Å². The summed E-state index contributed by atoms with van der Waals surface area (Å²) in [5.74, 6) is -2.18. The summed E-state index contributed by atoms with van der Waals surface area (Å²) in [6, 6.07) is 10.9. The van der Waals surface area contributed by atoms with E-state index >= 15 is 0 Å². The molecule has 2 rings (SSSR count). The van der Waals surface area contributed by atoms with Gasteiger partial charge in [0, 0.05) is 0 Å². The van der Waals surface area contributed by atoms with E-state index in [1.54, 1.807) is 13.0 Å². The molecular weight excluding hydrogens is 292 g/mol. The Labute approximate surface area is 135 Å². The zero-order chi connectivity index (χ0) is 17.1. The van der Waals surface area contributed by atoms with E-state index in [4.69, 9.17) is 0 Å². The van der Waals surface area contributed by atoms with Crippen molar-refractivity contribution in [3.05, 3.63) is 69.8 Å². The Balaban J connectivity index is 2.76. The van der Waals surface area contributed by atoms with Crippen LogP contribution in [0, 0.1) is 6.92 Å². The molecule has 0 aromatic heterocycles. The van der Waals surface area contributed by atoms with E-state index in [2.05, 4.69) is 0 Å². The van der Waals surface area contributed by atoms with Crippen LogP contribution < -0.4 is 0 Å². The highest BCUT2D eigenvalue weighted by molar-refractivity contribution is 5.98. The number of rotatable bonds is 5. The molecule has 0 saturated carbocycles. The fraction of sp³-hybridized carbons (Fsp3) is 0.263. The third kappa shape index (κ3) is 3.42. The van der Waals surface area contributed by atoms with Gasteiger partial charge in [-0.2, -0.15) is 0 Å². The second-order valence-electron chi connectivity index (χ2n) is 5.94. The molecule has 0 fully saturated rings. The molecule has 2 aromatic carbocycles. The van der Waals surface area contributed by atoms with Crippen molar-refractivity contribution in [1.82, 2.24) is 0 Å². The second kappa shape index (κ2) is 6.65. The molecule has 2 N–H and O–H groups in total. The molecule has 0 unspecified atom stereocenters. The Morgan fingerprint density at radius 1 is 1.04 bits per heavy atom. The van der Waals surface area contributed by atoms with E-state index in [-0.39, 0.29) is 23.5 Å². The lowest BCUT2D eigenvalue weighted by Crippen LogP contribution is -2.16. The standard InChI is InChI=1S/C19H20O4/c1-11(2)16-12(3)9-15(18(20)21)14(17(16)19(22)23)10-13-7-5-4-6-8-13/h4-9,11H,10H2,1-3H3,(H,20,21)(H,22,23). The molecular formula is C19H20O4. The van der Waals surface area contributed by atoms with Crippen LogP contribution >= 0.6 is 0 Å². The van der Waals surface area contributed by atoms with Gasteiger partial charge in [0.05, 0.1) is 11.1 Å². The first-order valence-corrected chi connectivity index (χ1v) is 7.49. The quantitative estimate of drug-likeness (QED) is 0.871. The van der Waals surface area contributed by atoms with Crippen molar-refractivity contribution in [1.29, 1.82) is 0 Å². The summed E-state index contributed by atoms with van der Waals surface area (Å²) in [5, 5.41) is 19.2. The number of aryl methyl sites for hydroxylation is 1. The van der Waals surface area contributed by atoms with Crippen molar-refractivity contribution in [3.8, 4) is 0 Å². The predicted octanol–water partition coefficient (Wildman–Crippen LogP) is 4.11. The molecule has 0 aliphatic carbocycles. The van der Waals surface area contributed by atoms with Crippen LogP contribution in [0.1, 0.15) is 62.7 Å². The number of carboxylic acids is 2. The van der Waals surface area contributed by atoms with Crippen molar-refractivity contribution in [2.45, 2.75) is 33.1 Å². The normalized spacial score (nSPS) is 10.8. The van der Waals surface area contributed by atoms with Gasteiger partial charge in [0.15, 0.2) is 0 Å². The molecule has 0 amide bonds. The summed E-state index contributed by atoms with van der Waals surface area (Å²) < 4.78 is 0. The van der Waals surface area contributed by atoms with Crippen LogP contribution in [-0.2, 0) is 6.42 Å². The Morgan fingerprint density at radius 2 is 1.65 bits per heavy atom. The zero-order valence-electron chi connectivity index (χ0n) is 13.5. The van der Waals surface area contributed by atoms with Gasteiger partial charge in [0.1, 0.15) is 0 Å². The Bertz CT molecular complexity index is 746. The number of carbonyl (C=O) groups is 2. The highest BCUT2D eigenvalue weighted by atomic mass is 16.4. The first-order valence-electron chi connectivity index (χ1n) is 7.49. The van der Waals surface area contributed by atoms with Gasteiger partial charge in [-0.1, -0.05) is 44.2 Å². The lowest BCUT2D eigenvalue weighted by molar-refractivity contribution is 0.0694. The molecule has 0 atom stereocenters. The maximum atomic E-state index is 11.9. The molecule has 23 heavy (non-hydrogen) atoms. The largest absolute Gasteiger partial charge is 0.478 e. The van der Waals surface area contributed by atoms with Gasteiger partial charge in [0.25, 0.3) is 0 Å². The number of hydrogen-bond acceptors (Lipinski definition) is 2. The SMILES string of the molecule is Cc1cc(C(=O)O)c(Cc2ccccc2)c(C(=O)O)c1C(C)C. The average molecular weight is 312 g/mol. The lowest BCUT2D eigenvalue weighted by atomic mass is 9.84. The van der Waals surface area contributed by atoms with E-state index in [1.807, 2.05) is 44.2 Å². The topological polar surface area (TPSA) is 74.6 Å². The zero-order valence-corrected chi connectivity index (χ0v) is 13.5. The Kier molecular flexibility index (Phi) is 4.84. The van der Waals surface area contributed by atoms with Crippen molar-refractivity contribution in [2.24, 2.45) is 0 Å². The molecule has 2 aromatic rings. The van der Waals surface area contributed by atoms with Crippen molar-refractivity contribution < 1.29 is 19.8 Å². The maximum Gasteiger partial charge on any atom is 0.336 e. The molecule has 120 valence electrons. The predicted molar refractivity (Wildman–Crippen MR) is 88.4 cm³/mol. The van der Waals surface area contributed by atoms with Crippen LogP contribution in [0.4, 0.5) is 0 Å². The number of aromatic carboxylic acids is 2. The minimum Gasteiger partial charge on any atom is -0.478 e. The van der Waals surface area contributed by atoms with Crippen LogP contribution in [0.3, 0.4) is 0 Å². The minimum atomic E-state index is -1.10. The Morgan fingerprint density at radius 3 is 2.13 bits per heavy atom. The summed E-state index contributed by atoms with van der Waals surface area (Å²) in [6.45, 7) is 5.60. The smallest absolute Gasteiger partial charge is 0.336 e. The number of benzene rings is 2. The summed E-state index contributed by atoms with van der Waals surface area (Å²) in [6.07, 6.45) is 0.282. The van der Waals surface area contributed by atoms with Gasteiger partial charge in [-0.15, -0.1) is 0 Å². The van der Waals surface area contributed by atoms with E-state index in [1.165, 1.54) is 0 Å². The van der Waals surface area contributed by atoms with Gasteiger partial charge in [-0.05, 0) is 47.6 Å². The van der Waals surface area contributed by atoms with Gasteiger partial charge in [-0.3, -0.25) is 0 Å². The molecule has 0 aliphatic heterocycles. The summed E-state index contributed by atoms with van der Waals surface area (Å²) >= 11 is 0. The van der Waals surface area contributed by atoms with E-state index < -0.39 is 11.9 Å². The van der Waals surface area contributed by atoms with Gasteiger partial charge in [-0.25, -0.2) is 9.59 Å². The van der Waals surface area contributed by atoms with Gasteiger partial charge in [0.2, 0.25) is 0 Å². The molecule has 0 spiro atoms. The van der Waals surface area contributed by atoms with Crippen molar-refractivity contribution in [3.63, 3.8) is 0 Å². The highest BCUT2D eigenvalue weighted by Gasteiger charge is 2.25. The number of hydrogen-bond donors (Lipinski definition) is 2. The third-order valence-electron chi connectivity index (χ3n) is 3.93. The molecule has 0 aliphatic rings. The molecule has 4 nitrogen and oxygen atoms in total. The van der Waals surface area contributed by atoms with Gasteiger partial charge >= 0.3 is 11.9 Å². The Hall–Kier alpha value is -2.62. The lowest BCUT2D eigenvalue weighted by Gasteiger charge is -2.19. The van der Waals surface area contributed by atoms with E-state index in [0.29, 0.717) is 16.7 Å². The average Bonchev–Trinajstić information content (AvgIpc) is 2.48. The fourth-order valence-electron chi connectivity index (χ4n) is 3.04. The number of carboxylic acid groups (broad SMARTS) is 2. The van der Waals surface area contributed by atoms with Gasteiger partial charge < -0.3 is 10.2 Å². The summed E-state index contributed by atoms with van der Waals surface area (Å²) in [5.41, 5.74) is 2.84. The fourth-order valence-corrected chi connectivity index (χ4v) is 3.04. The molecule has 0 radical (unpaired) electrons. The van der Waals surface area contributed by atoms with Crippen LogP contribution in [0.5, 0.6) is 0 Å². The molecule has 0 saturated heterocycles. The van der Waals surface area contributed by atoms with Crippen LogP contribution in [0.15, 0.2) is 36.4 Å². The first-order chi connectivity index (χ1) is 10.8. The van der Waals surface area contributed by atoms with E-state index in [0.717, 1.165) is 5.56 Å². The first kappa shape index (κ1) is 16.7. The maximum absolute atomic E-state index is 11.9.